The van der Waals surface area contributed by atoms with Gasteiger partial charge in [-0.05, 0) is 135 Å². The number of nitrogen functional groups attached to an aromatic ring is 4. The average Bonchev–Trinajstić information content (AvgIpc) is 3.30. The smallest absolute Gasteiger partial charge is 0.338 e. The molecule has 8 N–H and O–H groups in total. The Balaban J connectivity index is 0.000000244. The van der Waals surface area contributed by atoms with Gasteiger partial charge in [-0.3, -0.25) is 0 Å². The zero-order valence-electron chi connectivity index (χ0n) is 37.9. The predicted molar refractivity (Wildman–Crippen MR) is 258 cm³/mol. The number of carbonyl (C=O) groups excluding carboxylic acids is 4. The Hall–Kier alpha value is -6.56. The van der Waals surface area contributed by atoms with Crippen LogP contribution in [0.3, 0.4) is 0 Å². The molecule has 12 nitrogen and oxygen atoms in total. The molecule has 0 unspecified atom stereocenters. The van der Waals surface area contributed by atoms with Gasteiger partial charge in [0.25, 0.3) is 0 Å². The Morgan fingerprint density at radius 3 is 1.29 bits per heavy atom. The number of esters is 4. The lowest BCUT2D eigenvalue weighted by Gasteiger charge is -2.28. The van der Waals surface area contributed by atoms with E-state index >= 15 is 0 Å². The van der Waals surface area contributed by atoms with E-state index in [-0.39, 0.29) is 37.4 Å². The highest BCUT2D eigenvalue weighted by Gasteiger charge is 2.25. The van der Waals surface area contributed by atoms with Crippen LogP contribution in [0.5, 0.6) is 0 Å². The summed E-state index contributed by atoms with van der Waals surface area (Å²) in [6.07, 6.45) is 20.6. The summed E-state index contributed by atoms with van der Waals surface area (Å²) >= 11 is 0. The number of benzene rings is 4. The van der Waals surface area contributed by atoms with Crippen molar-refractivity contribution in [3.8, 4) is 0 Å². The Morgan fingerprint density at radius 2 is 0.923 bits per heavy atom. The van der Waals surface area contributed by atoms with Crippen molar-refractivity contribution in [1.29, 1.82) is 0 Å². The van der Waals surface area contributed by atoms with E-state index in [1.807, 2.05) is 0 Å². The Kier molecular flexibility index (Phi) is 19.5. The molecular formula is C53H66N4O8. The Labute approximate surface area is 383 Å². The molecule has 2 aliphatic rings. The Bertz CT molecular complexity index is 2220. The zero-order chi connectivity index (χ0) is 46.6. The van der Waals surface area contributed by atoms with Crippen molar-refractivity contribution in [2.75, 3.05) is 22.9 Å². The third-order valence-electron chi connectivity index (χ3n) is 12.0. The largest absolute Gasteiger partial charge is 0.459 e. The number of rotatable bonds is 17. The molecular weight excluding hydrogens is 821 g/mol. The van der Waals surface area contributed by atoms with Crippen LogP contribution in [0.2, 0.25) is 0 Å². The number of nitrogens with two attached hydrogens (primary N) is 4. The Morgan fingerprint density at radius 1 is 0.523 bits per heavy atom. The van der Waals surface area contributed by atoms with Crippen LogP contribution in [0, 0.1) is 11.8 Å². The highest BCUT2D eigenvalue weighted by Crippen LogP contribution is 2.31. The first-order valence-electron chi connectivity index (χ1n) is 23.0. The number of ether oxygens (including phenoxy) is 4. The van der Waals surface area contributed by atoms with Crippen LogP contribution in [-0.4, -0.2) is 36.1 Å². The van der Waals surface area contributed by atoms with Gasteiger partial charge in [-0.25, -0.2) is 19.2 Å². The van der Waals surface area contributed by atoms with Crippen molar-refractivity contribution in [2.45, 2.75) is 123 Å². The topological polar surface area (TPSA) is 209 Å². The maximum atomic E-state index is 12.5. The van der Waals surface area contributed by atoms with Crippen LogP contribution in [0.25, 0.3) is 12.2 Å². The first-order valence-corrected chi connectivity index (χ1v) is 23.0. The quantitative estimate of drug-likeness (QED) is 0.0338. The van der Waals surface area contributed by atoms with Crippen LogP contribution >= 0.6 is 0 Å². The second-order valence-electron chi connectivity index (χ2n) is 17.1. The molecule has 2 saturated carbocycles. The van der Waals surface area contributed by atoms with Gasteiger partial charge in [-0.1, -0.05) is 82.3 Å². The van der Waals surface area contributed by atoms with Crippen molar-refractivity contribution < 1.29 is 38.1 Å². The molecule has 4 aromatic rings. The predicted octanol–water partition coefficient (Wildman–Crippen LogP) is 10.6. The number of hydrogen-bond donors (Lipinski definition) is 4. The zero-order valence-corrected chi connectivity index (χ0v) is 37.9. The molecule has 6 rings (SSSR count). The second kappa shape index (κ2) is 25.7. The molecule has 0 aliphatic heterocycles. The van der Waals surface area contributed by atoms with Crippen molar-refractivity contribution in [1.82, 2.24) is 0 Å². The van der Waals surface area contributed by atoms with E-state index < -0.39 is 11.9 Å². The molecule has 0 aromatic heterocycles. The lowest BCUT2D eigenvalue weighted by molar-refractivity contribution is -0.139. The minimum absolute atomic E-state index is 0.0137. The van der Waals surface area contributed by atoms with E-state index in [0.717, 1.165) is 74.3 Å². The van der Waals surface area contributed by atoms with E-state index in [1.165, 1.54) is 44.3 Å². The third-order valence-corrected chi connectivity index (χ3v) is 12.0. The summed E-state index contributed by atoms with van der Waals surface area (Å²) in [5, 5.41) is 0. The first-order chi connectivity index (χ1) is 31.4. The van der Waals surface area contributed by atoms with Crippen LogP contribution in [0.4, 0.5) is 22.7 Å². The standard InChI is InChI=1S/C27H34N2O4.C26H32N2O4/c1-2-3-4-19-7-14-24(15-8-19)33-27(31)21-10-5-20(6-11-21)9-16-26(30)32-18-22-12-13-23(28)17-25(22)29;1-2-3-18-6-13-23(14-7-18)32-26(30)20-9-4-19(5-10-20)8-15-25(29)31-17-21-11-12-22(27)16-24(21)28/h5-6,9-13,16-17,19,24H,2-4,7-8,14-15,18,28-29H2,1H3;4-5,8-12,15-16,18,23H,2-3,6-7,13-14,17,27-28H2,1H3/b16-9+;15-8+. The molecule has 65 heavy (non-hydrogen) atoms. The highest BCUT2D eigenvalue weighted by molar-refractivity contribution is 5.91. The van der Waals surface area contributed by atoms with Gasteiger partial charge in [0.2, 0.25) is 0 Å². The van der Waals surface area contributed by atoms with E-state index in [4.69, 9.17) is 41.9 Å². The van der Waals surface area contributed by atoms with Crippen molar-refractivity contribution in [3.05, 3.63) is 130 Å². The monoisotopic (exact) mass is 886 g/mol. The SMILES string of the molecule is CCCC1CCC(OC(=O)c2ccc(/C=C/C(=O)OCc3ccc(N)cc3N)cc2)CC1.CCCCC1CCC(OC(=O)c2ccc(/C=C/C(=O)OCc3ccc(N)cc3N)cc2)CC1. The van der Waals surface area contributed by atoms with E-state index in [2.05, 4.69) is 13.8 Å². The van der Waals surface area contributed by atoms with Gasteiger partial charge in [0, 0.05) is 46.0 Å². The van der Waals surface area contributed by atoms with Crippen LogP contribution in [-0.2, 0) is 41.8 Å². The first kappa shape index (κ1) is 49.5. The summed E-state index contributed by atoms with van der Waals surface area (Å²) < 4.78 is 21.8. The van der Waals surface area contributed by atoms with Gasteiger partial charge in [0.1, 0.15) is 25.4 Å². The molecule has 0 amide bonds. The summed E-state index contributed by atoms with van der Waals surface area (Å²) in [6.45, 7) is 4.58. The van der Waals surface area contributed by atoms with Crippen LogP contribution < -0.4 is 22.9 Å². The number of unbranched alkanes of at least 4 members (excludes halogenated alkanes) is 1. The minimum atomic E-state index is -0.483. The molecule has 0 bridgehead atoms. The van der Waals surface area contributed by atoms with E-state index in [9.17, 15) is 19.2 Å². The normalized spacial score (nSPS) is 18.3. The summed E-state index contributed by atoms with van der Waals surface area (Å²) in [6, 6.07) is 24.1. The molecule has 12 heteroatoms. The van der Waals surface area contributed by atoms with Gasteiger partial charge in [0.05, 0.1) is 11.1 Å². The summed E-state index contributed by atoms with van der Waals surface area (Å²) in [5.74, 6) is 0.00806. The van der Waals surface area contributed by atoms with Crippen molar-refractivity contribution in [3.63, 3.8) is 0 Å². The number of carbonyl (C=O) groups is 4. The van der Waals surface area contributed by atoms with Gasteiger partial charge < -0.3 is 41.9 Å². The molecule has 0 radical (unpaired) electrons. The van der Waals surface area contributed by atoms with Gasteiger partial charge >= 0.3 is 23.9 Å². The van der Waals surface area contributed by atoms with Crippen molar-refractivity contribution >= 4 is 58.8 Å². The van der Waals surface area contributed by atoms with Crippen molar-refractivity contribution in [2.24, 2.45) is 11.8 Å². The molecule has 0 saturated heterocycles. The fraction of sp³-hybridized carbons (Fsp3) is 0.396. The minimum Gasteiger partial charge on any atom is -0.459 e. The maximum absolute atomic E-state index is 12.5. The summed E-state index contributed by atoms with van der Waals surface area (Å²) in [7, 11) is 0. The number of hydrogen-bond acceptors (Lipinski definition) is 12. The van der Waals surface area contributed by atoms with Crippen LogP contribution in [0.1, 0.15) is 140 Å². The van der Waals surface area contributed by atoms with Gasteiger partial charge in [0.15, 0.2) is 0 Å². The molecule has 0 heterocycles. The number of anilines is 4. The molecule has 0 spiro atoms. The average molecular weight is 887 g/mol. The third kappa shape index (κ3) is 16.8. The fourth-order valence-electron chi connectivity index (χ4n) is 8.09. The lowest BCUT2D eigenvalue weighted by atomic mass is 9.84. The van der Waals surface area contributed by atoms with E-state index in [1.54, 1.807) is 97.1 Å². The summed E-state index contributed by atoms with van der Waals surface area (Å²) in [5.41, 5.74) is 29.1. The fourth-order valence-corrected chi connectivity index (χ4v) is 8.09. The second-order valence-corrected chi connectivity index (χ2v) is 17.1. The van der Waals surface area contributed by atoms with E-state index in [0.29, 0.717) is 45.0 Å². The highest BCUT2D eigenvalue weighted by atomic mass is 16.6. The molecule has 0 atom stereocenters. The molecule has 2 fully saturated rings. The van der Waals surface area contributed by atoms with Gasteiger partial charge in [-0.15, -0.1) is 0 Å². The molecule has 4 aromatic carbocycles. The molecule has 2 aliphatic carbocycles. The summed E-state index contributed by atoms with van der Waals surface area (Å²) in [4.78, 5) is 48.9. The lowest BCUT2D eigenvalue weighted by Crippen LogP contribution is -2.24. The maximum Gasteiger partial charge on any atom is 0.338 e. The van der Waals surface area contributed by atoms with Gasteiger partial charge in [-0.2, -0.15) is 0 Å². The van der Waals surface area contributed by atoms with Crippen LogP contribution in [0.15, 0.2) is 97.1 Å². The molecule has 346 valence electrons.